The molecule has 0 N–H and O–H groups in total. The van der Waals surface area contributed by atoms with Crippen LogP contribution in [0.5, 0.6) is 11.5 Å². The molecule has 0 saturated carbocycles. The zero-order valence-corrected chi connectivity index (χ0v) is 32.3. The molecule has 9 aromatic carbocycles. The largest absolute Gasteiger partial charge is 0.458 e. The van der Waals surface area contributed by atoms with Crippen LogP contribution in [0.15, 0.2) is 231 Å². The number of ether oxygens (including phenoxy) is 1. The summed E-state index contributed by atoms with van der Waals surface area (Å²) in [5.41, 5.74) is 15.7. The molecule has 4 nitrogen and oxygen atoms in total. The molecule has 11 rings (SSSR count). The predicted molar refractivity (Wildman–Crippen MR) is 247 cm³/mol. The van der Waals surface area contributed by atoms with Gasteiger partial charge in [-0.1, -0.05) is 140 Å². The summed E-state index contributed by atoms with van der Waals surface area (Å²) >= 11 is 0. The van der Waals surface area contributed by atoms with Crippen molar-refractivity contribution in [1.29, 1.82) is 0 Å². The Morgan fingerprint density at radius 1 is 0.339 bits per heavy atom. The lowest BCUT2D eigenvalue weighted by molar-refractivity contribution is 0.487. The number of hydrogen-bond donors (Lipinski definition) is 0. The fourth-order valence-corrected chi connectivity index (χ4v) is 8.92. The Bertz CT molecular complexity index is 2850. The zero-order valence-electron chi connectivity index (χ0n) is 32.3. The number of rotatable bonds is 8. The van der Waals surface area contributed by atoms with Crippen molar-refractivity contribution in [3.63, 3.8) is 0 Å². The van der Waals surface area contributed by atoms with Gasteiger partial charge in [0.05, 0.1) is 5.69 Å². The molecule has 2 aliphatic rings. The van der Waals surface area contributed by atoms with Crippen molar-refractivity contribution in [2.45, 2.75) is 0 Å². The fraction of sp³-hybridized carbons (Fsp3) is 0. The fourth-order valence-electron chi connectivity index (χ4n) is 8.92. The van der Waals surface area contributed by atoms with Crippen LogP contribution in [0.25, 0.3) is 11.1 Å². The van der Waals surface area contributed by atoms with Crippen LogP contribution in [0.4, 0.5) is 51.2 Å². The van der Waals surface area contributed by atoms with E-state index in [0.717, 1.165) is 73.7 Å². The number of nitrogens with zero attached hydrogens (tertiary/aromatic N) is 3. The molecule has 9 aromatic rings. The van der Waals surface area contributed by atoms with Gasteiger partial charge in [0.25, 0.3) is 6.71 Å². The molecule has 0 bridgehead atoms. The lowest BCUT2D eigenvalue weighted by Gasteiger charge is -2.41. The highest BCUT2D eigenvalue weighted by Gasteiger charge is 2.42. The molecule has 2 aliphatic heterocycles. The number of anilines is 9. The van der Waals surface area contributed by atoms with Crippen molar-refractivity contribution in [3.8, 4) is 22.6 Å². The maximum atomic E-state index is 7.02. The summed E-state index contributed by atoms with van der Waals surface area (Å²) in [7, 11) is 0. The Labute approximate surface area is 345 Å². The van der Waals surface area contributed by atoms with Crippen LogP contribution in [-0.4, -0.2) is 6.71 Å². The molecule has 0 aliphatic carbocycles. The Morgan fingerprint density at radius 3 is 1.39 bits per heavy atom. The van der Waals surface area contributed by atoms with Crippen LogP contribution in [-0.2, 0) is 0 Å². The van der Waals surface area contributed by atoms with Gasteiger partial charge in [-0.2, -0.15) is 0 Å². The average molecular weight is 756 g/mol. The second-order valence-corrected chi connectivity index (χ2v) is 14.9. The van der Waals surface area contributed by atoms with Crippen molar-refractivity contribution in [2.24, 2.45) is 0 Å². The third kappa shape index (κ3) is 6.03. The summed E-state index contributed by atoms with van der Waals surface area (Å²) in [6.45, 7) is -0.0630. The Balaban J connectivity index is 1.13. The van der Waals surface area contributed by atoms with Crippen molar-refractivity contribution >= 4 is 74.3 Å². The van der Waals surface area contributed by atoms with Crippen molar-refractivity contribution in [2.75, 3.05) is 14.7 Å². The highest BCUT2D eigenvalue weighted by atomic mass is 16.5. The molecule has 0 saturated heterocycles. The molecule has 0 aromatic heterocycles. The van der Waals surface area contributed by atoms with E-state index < -0.39 is 0 Å². The number of para-hydroxylation sites is 5. The summed E-state index contributed by atoms with van der Waals surface area (Å²) < 4.78 is 7.02. The van der Waals surface area contributed by atoms with Gasteiger partial charge in [-0.3, -0.25) is 0 Å². The van der Waals surface area contributed by atoms with Crippen LogP contribution in [0.3, 0.4) is 0 Å². The van der Waals surface area contributed by atoms with Gasteiger partial charge in [0, 0.05) is 57.1 Å². The third-order valence-corrected chi connectivity index (χ3v) is 11.5. The number of fused-ring (bicyclic) bond motifs is 4. The summed E-state index contributed by atoms with van der Waals surface area (Å²) in [6.07, 6.45) is 0. The Hall–Kier alpha value is -7.76. The van der Waals surface area contributed by atoms with E-state index in [1.165, 1.54) is 16.5 Å². The minimum atomic E-state index is -0.0630. The molecule has 0 amide bonds. The van der Waals surface area contributed by atoms with Crippen LogP contribution in [0, 0.1) is 0 Å². The molecule has 0 spiro atoms. The van der Waals surface area contributed by atoms with Gasteiger partial charge in [0.1, 0.15) is 11.5 Å². The molecule has 0 radical (unpaired) electrons. The van der Waals surface area contributed by atoms with Gasteiger partial charge < -0.3 is 19.4 Å². The van der Waals surface area contributed by atoms with E-state index in [2.05, 4.69) is 245 Å². The van der Waals surface area contributed by atoms with Gasteiger partial charge in [-0.05, 0) is 107 Å². The van der Waals surface area contributed by atoms with Crippen LogP contribution < -0.4 is 35.8 Å². The quantitative estimate of drug-likeness (QED) is 0.144. The average Bonchev–Trinajstić information content (AvgIpc) is 3.31. The molecule has 2 heterocycles. The van der Waals surface area contributed by atoms with Gasteiger partial charge in [-0.25, -0.2) is 0 Å². The van der Waals surface area contributed by atoms with E-state index in [1.807, 2.05) is 0 Å². The van der Waals surface area contributed by atoms with E-state index in [0.29, 0.717) is 0 Å². The minimum absolute atomic E-state index is 0.0630. The van der Waals surface area contributed by atoms with E-state index >= 15 is 0 Å². The Morgan fingerprint density at radius 2 is 0.814 bits per heavy atom. The topological polar surface area (TPSA) is 19.0 Å². The first-order valence-electron chi connectivity index (χ1n) is 20.1. The second kappa shape index (κ2) is 14.6. The molecule has 59 heavy (non-hydrogen) atoms. The normalized spacial score (nSPS) is 12.1. The molecule has 0 unspecified atom stereocenters. The van der Waals surface area contributed by atoms with Gasteiger partial charge in [-0.15, -0.1) is 0 Å². The monoisotopic (exact) mass is 755 g/mol. The number of hydrogen-bond acceptors (Lipinski definition) is 4. The van der Waals surface area contributed by atoms with E-state index in [1.54, 1.807) is 0 Å². The molecule has 278 valence electrons. The van der Waals surface area contributed by atoms with Crippen LogP contribution >= 0.6 is 0 Å². The van der Waals surface area contributed by atoms with Crippen LogP contribution in [0.1, 0.15) is 0 Å². The molecule has 5 heteroatoms. The van der Waals surface area contributed by atoms with Crippen molar-refractivity contribution < 1.29 is 4.74 Å². The Kier molecular flexibility index (Phi) is 8.56. The molecular weight excluding hydrogens is 717 g/mol. The summed E-state index contributed by atoms with van der Waals surface area (Å²) in [6, 6.07) is 82.0. The van der Waals surface area contributed by atoms with Crippen molar-refractivity contribution in [1.82, 2.24) is 0 Å². The summed E-state index contributed by atoms with van der Waals surface area (Å²) in [5, 5.41) is 0. The maximum absolute atomic E-state index is 7.02. The minimum Gasteiger partial charge on any atom is -0.458 e. The van der Waals surface area contributed by atoms with E-state index in [-0.39, 0.29) is 6.71 Å². The highest BCUT2D eigenvalue weighted by molar-refractivity contribution is 6.99. The first-order valence-corrected chi connectivity index (χ1v) is 20.1. The first-order chi connectivity index (χ1) is 29.3. The third-order valence-electron chi connectivity index (χ3n) is 11.5. The highest BCUT2D eigenvalue weighted by Crippen LogP contribution is 2.47. The lowest BCUT2D eigenvalue weighted by Crippen LogP contribution is -2.59. The van der Waals surface area contributed by atoms with E-state index in [4.69, 9.17) is 4.74 Å². The predicted octanol–water partition coefficient (Wildman–Crippen LogP) is 12.7. The van der Waals surface area contributed by atoms with E-state index in [9.17, 15) is 0 Å². The zero-order chi connectivity index (χ0) is 39.1. The number of benzene rings is 9. The summed E-state index contributed by atoms with van der Waals surface area (Å²) in [5.74, 6) is 1.73. The smallest absolute Gasteiger partial charge is 0.256 e. The lowest BCUT2D eigenvalue weighted by atomic mass is 9.34. The standard InChI is InChI=1S/C54H38BN3O/c1-6-19-39(20-7-1)46-29-16-17-30-49(46)58-50-31-18-32-52-54(50)55(47-35-33-44(37-51(47)58)56(40-21-8-2-9-22-40)41-23-10-3-11-24-41)48-36-34-45(38-53(48)59-52)57(42-25-12-4-13-26-42)43-27-14-5-15-28-43/h1-38H. The maximum Gasteiger partial charge on any atom is 0.256 e. The van der Waals surface area contributed by atoms with Crippen molar-refractivity contribution in [3.05, 3.63) is 231 Å². The SMILES string of the molecule is c1ccc(-c2ccccc2N2c3cc(N(c4ccccc4)c4ccccc4)ccc3B3c4ccc(N(c5ccccc5)c5ccccc5)cc4Oc4cccc2c43)cc1. The second-order valence-electron chi connectivity index (χ2n) is 14.9. The van der Waals surface area contributed by atoms with Gasteiger partial charge >= 0.3 is 0 Å². The van der Waals surface area contributed by atoms with Crippen LogP contribution in [0.2, 0.25) is 0 Å². The summed E-state index contributed by atoms with van der Waals surface area (Å²) in [4.78, 5) is 7.10. The molecule has 0 fully saturated rings. The van der Waals surface area contributed by atoms with Gasteiger partial charge in [0.2, 0.25) is 0 Å². The molecule has 0 atom stereocenters. The molecular formula is C54H38BN3O. The van der Waals surface area contributed by atoms with Gasteiger partial charge in [0.15, 0.2) is 0 Å². The first kappa shape index (κ1) is 34.5.